The number of fused-ring (bicyclic) bond motifs is 8. The van der Waals surface area contributed by atoms with Gasteiger partial charge in [-0.25, -0.2) is 9.69 Å². The standard InChI is InChI=1S/2C16H24N2O2.C16H22N2O2.C14H20N2O2.C14H22N2O.C6H15N.C4H8O.CH4O.CH3O.2CH4.B.Na.H2/c1-11(19)18-7-5-6-13-15(2,3)14-12(9-17-20-14)8-16(13,4)10-18;2*1-11(19)18-8-6-7-13-15(2,3)14(20)12(17-5)9-16(13,4)10-18;1-13(2)10-4-5-11(17)15-8-14(10,3)6-9-7-16-18-12(9)13;1-13(2)11-5-4-6-15-9-14(11,3)7-10-8-16-17-12(10)13;1-4-7(5-2)6-3;1-2-4-5-3-1;2*1-2;;;;;/h9,13H,5-8,10H2,1-4H3;13,20H,6-10H2,1-4H3;9,13H,6-8,10H2,1-4H3;7,10H,4-6,8H2,1-3H3,(H,15,17);8,11,15H,4-7,9H2,1-3H3;4-6H2,1-3H3;1-4H2;2H,1H3;1H3;2*1H4;;;1H/q;;;;;;;;-1;;;;+1;/t3*13-,16+;10-,14+;11-,14+;;;;;;;;;/m00000........./s1/i;;;;;;;;;;;;;1+1D. The molecule has 0 spiro atoms. The molecule has 14 rings (SSSR count). The van der Waals surface area contributed by atoms with Crippen molar-refractivity contribution in [3.8, 4) is 0 Å². The van der Waals surface area contributed by atoms with Gasteiger partial charge in [0.25, 0.3) is 0 Å². The van der Waals surface area contributed by atoms with Crippen LogP contribution in [0, 0.1) is 80.6 Å². The van der Waals surface area contributed by atoms with Gasteiger partial charge < -0.3 is 68.7 Å². The van der Waals surface area contributed by atoms with Crippen LogP contribution in [-0.2, 0) is 64.2 Å². The Hall–Kier alpha value is -5.70. The molecule has 4 N–H and O–H groups in total. The third kappa shape index (κ3) is 23.7. The molecular weight excluding hydrogens is 1460 g/mol. The topological polar surface area (TPSA) is 282 Å². The van der Waals surface area contributed by atoms with E-state index in [1.807, 2.05) is 67.1 Å². The van der Waals surface area contributed by atoms with E-state index in [2.05, 4.69) is 138 Å². The van der Waals surface area contributed by atoms with E-state index in [-0.39, 0.29) is 143 Å². The van der Waals surface area contributed by atoms with Crippen LogP contribution in [0.5, 0.6) is 0 Å². The van der Waals surface area contributed by atoms with Gasteiger partial charge in [0.15, 0.2) is 5.78 Å². The van der Waals surface area contributed by atoms with Crippen LogP contribution in [0.15, 0.2) is 55.4 Å². The SMILES string of the molecule is C.C.C1CCOC1.CC(=O)N1CCC[C@H]2C(C)(C)c3oncc3C[C@]2(C)C1.CC1(C)c2oncc2C[C@]2(C)CNC(=O)CC[C@@H]12.CC1(C)c2oncc2C[C@]2(C)CNCCC[C@@H]12.CCN(CC)CC.CO.C[O-].[2H][2H].[B].[C-]#[N+]C1=C(O)C(C)(C)[C@@H]2CCCN(C(C)=O)C[C@@]2(C)C1.[C-]#[N+]C1=C[C@]2(C)CN(C(C)=O)CCC[C@H]2C(C)(C)C1=O.[Na+]. The first-order chi connectivity index (χ1) is 53.1. The number of likely N-dealkylation sites (tertiary alicyclic amines) is 3. The Labute approximate surface area is 720 Å². The van der Waals surface area contributed by atoms with E-state index in [0.717, 1.165) is 155 Å². The van der Waals surface area contributed by atoms with Crippen molar-refractivity contribution in [2.75, 3.05) is 106 Å². The number of Topliss-reactive ketones (excluding diaryl/α,β-unsaturated/α-hetero) is 1. The molecule has 5 aliphatic carbocycles. The van der Waals surface area contributed by atoms with Crippen molar-refractivity contribution in [2.24, 2.45) is 67.5 Å². The van der Waals surface area contributed by atoms with Gasteiger partial charge in [0.05, 0.1) is 31.7 Å². The van der Waals surface area contributed by atoms with Crippen LogP contribution in [0.25, 0.3) is 9.69 Å². The Bertz CT molecular complexity index is 3770. The van der Waals surface area contributed by atoms with Crippen molar-refractivity contribution < 1.29 is 90.1 Å². The number of ketones is 1. The van der Waals surface area contributed by atoms with Crippen molar-refractivity contribution in [1.29, 1.82) is 0 Å². The molecule has 3 aromatic rings. The molecule has 3 radical (unpaired) electrons. The second kappa shape index (κ2) is 44.0. The summed E-state index contributed by atoms with van der Waals surface area (Å²) in [7, 11) is 1.75. The summed E-state index contributed by atoms with van der Waals surface area (Å²) >= 11 is 0. The molecule has 0 saturated carbocycles. The summed E-state index contributed by atoms with van der Waals surface area (Å²) in [5.74, 6) is 6.08. The van der Waals surface area contributed by atoms with Crippen LogP contribution in [0.3, 0.4) is 0 Å². The Morgan fingerprint density at radius 2 is 0.930 bits per heavy atom. The molecule has 0 unspecified atom stereocenters. The number of amides is 4. The number of nitrogens with one attached hydrogen (secondary N) is 2. The number of ether oxygens (including phenoxy) is 1. The van der Waals surface area contributed by atoms with Gasteiger partial charge in [-0.2, -0.15) is 7.11 Å². The molecule has 11 aliphatic rings. The fourth-order valence-electron chi connectivity index (χ4n) is 22.3. The quantitative estimate of drug-likeness (QED) is 0.140. The minimum atomic E-state index is -0.532. The summed E-state index contributed by atoms with van der Waals surface area (Å²) in [6, 6.07) is 0. The summed E-state index contributed by atoms with van der Waals surface area (Å²) in [6.07, 6.45) is 23.7. The molecule has 3 aromatic heterocycles. The molecule has 115 heavy (non-hydrogen) atoms. The smallest absolute Gasteiger partial charge is 0.857 e. The number of hydrogen-bond donors (Lipinski definition) is 4. The second-order valence-corrected chi connectivity index (χ2v) is 37.4. The molecule has 0 bridgehead atoms. The fourth-order valence-corrected chi connectivity index (χ4v) is 22.3. The minimum Gasteiger partial charge on any atom is -0.857 e. The Kier molecular flexibility index (Phi) is 39.6. The van der Waals surface area contributed by atoms with Crippen LogP contribution in [0.2, 0.25) is 0 Å². The Morgan fingerprint density at radius 1 is 0.557 bits per heavy atom. The van der Waals surface area contributed by atoms with Gasteiger partial charge in [0, 0.05) is 155 Å². The Morgan fingerprint density at radius 3 is 1.32 bits per heavy atom. The zero-order chi connectivity index (χ0) is 85.1. The number of carbonyl (C=O) groups is 5. The van der Waals surface area contributed by atoms with Crippen molar-refractivity contribution in [2.45, 2.75) is 279 Å². The maximum atomic E-state index is 12.4. The van der Waals surface area contributed by atoms with Crippen molar-refractivity contribution in [3.05, 3.63) is 98.6 Å². The van der Waals surface area contributed by atoms with Crippen LogP contribution < -0.4 is 45.3 Å². The number of aliphatic hydroxyl groups excluding tert-OH is 2. The summed E-state index contributed by atoms with van der Waals surface area (Å²) in [4.78, 5) is 74.5. The average Bonchev–Trinajstić information content (AvgIpc) is 1.75. The molecule has 23 nitrogen and oxygen atoms in total. The van der Waals surface area contributed by atoms with Gasteiger partial charge in [0.1, 0.15) is 23.0 Å². The second-order valence-electron chi connectivity index (χ2n) is 37.4. The fraction of sp³-hybridized carbons (Fsp3) is 0.778. The molecule has 6 aliphatic heterocycles. The van der Waals surface area contributed by atoms with Crippen molar-refractivity contribution in [1.82, 2.24) is 45.7 Å². The summed E-state index contributed by atoms with van der Waals surface area (Å²) in [5.41, 5.74) is 3.73. The predicted molar refractivity (Wildman–Crippen MR) is 454 cm³/mol. The largest absolute Gasteiger partial charge is 1.00 e. The zero-order valence-electron chi connectivity index (χ0n) is 76.0. The molecule has 6 fully saturated rings. The van der Waals surface area contributed by atoms with Crippen molar-refractivity contribution >= 4 is 37.8 Å². The molecule has 10 atom stereocenters. The molecule has 643 valence electrons. The van der Waals surface area contributed by atoms with Crippen molar-refractivity contribution in [3.63, 3.8) is 0 Å². The van der Waals surface area contributed by atoms with Gasteiger partial charge in [-0.15, -0.1) is 0 Å². The van der Waals surface area contributed by atoms with E-state index >= 15 is 0 Å². The van der Waals surface area contributed by atoms with Gasteiger partial charge in [-0.05, 0) is 179 Å². The number of nitrogens with zero attached hydrogens (tertiary/aromatic N) is 9. The maximum Gasteiger partial charge on any atom is 1.00 e. The third-order valence-corrected chi connectivity index (χ3v) is 27.6. The molecule has 9 heterocycles. The number of aromatic nitrogens is 3. The summed E-state index contributed by atoms with van der Waals surface area (Å²) in [5, 5.41) is 44.3. The van der Waals surface area contributed by atoms with Gasteiger partial charge in [-0.1, -0.05) is 161 Å². The number of carbonyl (C=O) groups excluding carboxylic acids is 5. The van der Waals surface area contributed by atoms with E-state index in [4.69, 9.17) is 44.6 Å². The number of aliphatic hydroxyl groups is 2. The van der Waals surface area contributed by atoms with Crippen LogP contribution in [0.4, 0.5) is 0 Å². The molecular formula is C90H152BN11NaO12. The van der Waals surface area contributed by atoms with Gasteiger partial charge in [0.2, 0.25) is 35.0 Å². The number of hydrogen-bond acceptors (Lipinski definition) is 17. The number of rotatable bonds is 3. The van der Waals surface area contributed by atoms with Crippen LogP contribution >= 0.6 is 0 Å². The van der Waals surface area contributed by atoms with E-state index < -0.39 is 5.41 Å². The van der Waals surface area contributed by atoms with E-state index in [1.54, 1.807) is 20.8 Å². The predicted octanol–water partition coefficient (Wildman–Crippen LogP) is 12.2. The summed E-state index contributed by atoms with van der Waals surface area (Å²) in [6.45, 7) is 72.0. The minimum absolute atomic E-state index is 0. The third-order valence-electron chi connectivity index (χ3n) is 27.6. The molecule has 6 saturated heterocycles. The first-order valence-corrected chi connectivity index (χ1v) is 41.3. The van der Waals surface area contributed by atoms with Gasteiger partial charge >= 0.3 is 29.6 Å². The van der Waals surface area contributed by atoms with E-state index in [1.165, 1.54) is 62.0 Å². The molecule has 25 heteroatoms. The molecule has 0 aromatic carbocycles. The van der Waals surface area contributed by atoms with E-state index in [9.17, 15) is 29.1 Å². The van der Waals surface area contributed by atoms with Gasteiger partial charge in [-0.3, -0.25) is 19.2 Å². The normalized spacial score (nSPS) is 29.5. The number of allylic oxidation sites excluding steroid dienone is 3. The van der Waals surface area contributed by atoms with E-state index in [0.29, 0.717) is 60.7 Å². The monoisotopic (exact) mass is 1620 g/mol. The Balaban J connectivity index is 0.000000689. The average molecular weight is 1620 g/mol. The first kappa shape index (κ1) is 103. The molecule has 4 amide bonds. The zero-order valence-corrected chi connectivity index (χ0v) is 76.0. The maximum absolute atomic E-state index is 12.4. The van der Waals surface area contributed by atoms with Crippen LogP contribution in [0.1, 0.15) is 281 Å². The summed E-state index contributed by atoms with van der Waals surface area (Å²) < 4.78 is 31.5. The van der Waals surface area contributed by atoms with Crippen LogP contribution in [-0.4, -0.2) is 189 Å². The first-order valence-electron chi connectivity index (χ1n) is 42.3.